The Labute approximate surface area is 156 Å². The molecule has 0 unspecified atom stereocenters. The lowest BCUT2D eigenvalue weighted by Crippen LogP contribution is -2.27. The van der Waals surface area contributed by atoms with Crippen molar-refractivity contribution < 1.29 is 4.57 Å². The second-order valence-corrected chi connectivity index (χ2v) is 10.5. The lowest BCUT2D eigenvalue weighted by Gasteiger charge is -2.38. The predicted octanol–water partition coefficient (Wildman–Crippen LogP) is 6.52. The van der Waals surface area contributed by atoms with Crippen LogP contribution in [0.1, 0.15) is 43.0 Å². The zero-order valence-corrected chi connectivity index (χ0v) is 16.1. The highest BCUT2D eigenvalue weighted by Crippen LogP contribution is 2.79. The van der Waals surface area contributed by atoms with Crippen molar-refractivity contribution in [1.29, 1.82) is 0 Å². The van der Waals surface area contributed by atoms with Crippen molar-refractivity contribution in [2.45, 2.75) is 37.0 Å². The molecule has 1 heterocycles. The van der Waals surface area contributed by atoms with Crippen LogP contribution < -0.4 is 5.30 Å². The van der Waals surface area contributed by atoms with Crippen LogP contribution in [0.2, 0.25) is 0 Å². The fraction of sp³-hybridized carbons (Fsp3) is 0.250. The third kappa shape index (κ3) is 2.49. The quantitative estimate of drug-likeness (QED) is 0.484. The van der Waals surface area contributed by atoms with E-state index in [1.807, 2.05) is 30.3 Å². The normalized spacial score (nSPS) is 28.1. The summed E-state index contributed by atoms with van der Waals surface area (Å²) in [5, 5.41) is 0.743. The maximum atomic E-state index is 15.0. The van der Waals surface area contributed by atoms with Gasteiger partial charge in [0.05, 0.1) is 5.16 Å². The van der Waals surface area contributed by atoms with Gasteiger partial charge in [0.25, 0.3) is 0 Å². The van der Waals surface area contributed by atoms with Gasteiger partial charge < -0.3 is 4.57 Å². The Kier molecular flexibility index (Phi) is 4.59. The minimum absolute atomic E-state index is 0.0891. The molecule has 1 aliphatic rings. The van der Waals surface area contributed by atoms with Gasteiger partial charge in [-0.25, -0.2) is 0 Å². The predicted molar refractivity (Wildman–Crippen MR) is 111 cm³/mol. The zero-order chi connectivity index (χ0) is 18.0. The van der Waals surface area contributed by atoms with Gasteiger partial charge in [0, 0.05) is 11.0 Å². The SMILES string of the molecule is CC[C@]1(c2ccccc2)CC[C@@H](c2ccccc2)[P@@]1(=O)c1ccccc1. The maximum Gasteiger partial charge on any atom is 0.132 e. The molecule has 0 radical (unpaired) electrons. The molecule has 3 aromatic rings. The summed E-state index contributed by atoms with van der Waals surface area (Å²) in [4.78, 5) is 0. The van der Waals surface area contributed by atoms with Crippen molar-refractivity contribution in [2.24, 2.45) is 0 Å². The first kappa shape index (κ1) is 17.3. The summed E-state index contributed by atoms with van der Waals surface area (Å²) in [5.41, 5.74) is 2.53. The molecule has 1 aliphatic heterocycles. The van der Waals surface area contributed by atoms with Crippen LogP contribution in [0, 0.1) is 0 Å². The fourth-order valence-corrected chi connectivity index (χ4v) is 9.46. The molecule has 26 heavy (non-hydrogen) atoms. The van der Waals surface area contributed by atoms with Crippen LogP contribution in [-0.2, 0) is 9.72 Å². The topological polar surface area (TPSA) is 17.1 Å². The average Bonchev–Trinajstić information content (AvgIpc) is 3.04. The Morgan fingerprint density at radius 2 is 1.38 bits per heavy atom. The molecule has 1 fully saturated rings. The van der Waals surface area contributed by atoms with Gasteiger partial charge >= 0.3 is 0 Å². The van der Waals surface area contributed by atoms with Crippen LogP contribution in [0.3, 0.4) is 0 Å². The third-order valence-corrected chi connectivity index (χ3v) is 10.7. The molecule has 0 aromatic heterocycles. The molecular formula is C24H25OP. The minimum Gasteiger partial charge on any atom is -0.317 e. The lowest BCUT2D eigenvalue weighted by molar-refractivity contribution is 0.514. The Morgan fingerprint density at radius 3 is 1.96 bits per heavy atom. The first-order valence-electron chi connectivity index (χ1n) is 9.48. The van der Waals surface area contributed by atoms with E-state index in [0.717, 1.165) is 24.6 Å². The average molecular weight is 360 g/mol. The lowest BCUT2D eigenvalue weighted by atomic mass is 9.90. The molecular weight excluding hydrogens is 335 g/mol. The van der Waals surface area contributed by atoms with E-state index in [-0.39, 0.29) is 10.8 Å². The molecule has 0 spiro atoms. The van der Waals surface area contributed by atoms with Crippen LogP contribution in [0.4, 0.5) is 0 Å². The van der Waals surface area contributed by atoms with Crippen LogP contribution >= 0.6 is 7.14 Å². The number of rotatable bonds is 4. The summed E-state index contributed by atoms with van der Waals surface area (Å²) in [6, 6.07) is 31.3. The van der Waals surface area contributed by atoms with Gasteiger partial charge in [-0.15, -0.1) is 0 Å². The van der Waals surface area contributed by atoms with Gasteiger partial charge in [0.2, 0.25) is 0 Å². The molecule has 0 saturated carbocycles. The first-order chi connectivity index (χ1) is 12.7. The zero-order valence-electron chi connectivity index (χ0n) is 15.2. The van der Waals surface area contributed by atoms with Crippen molar-refractivity contribution in [3.05, 3.63) is 102 Å². The van der Waals surface area contributed by atoms with Crippen LogP contribution in [0.25, 0.3) is 0 Å². The molecule has 3 atom stereocenters. The Morgan fingerprint density at radius 1 is 0.846 bits per heavy atom. The van der Waals surface area contributed by atoms with Gasteiger partial charge in [0.15, 0.2) is 0 Å². The highest BCUT2D eigenvalue weighted by atomic mass is 31.2. The standard InChI is InChI=1S/C24H25OP/c1-2-24(21-14-8-4-9-15-21)19-18-23(20-12-6-3-7-13-20)26(24,25)22-16-10-5-11-17-22/h3-17,23H,2,18-19H2,1H3/t23-,24+,26-/m0/s1. The maximum absolute atomic E-state index is 15.0. The Bertz CT molecular complexity index is 905. The van der Waals surface area contributed by atoms with E-state index in [2.05, 4.69) is 67.6 Å². The van der Waals surface area contributed by atoms with Crippen LogP contribution in [0.5, 0.6) is 0 Å². The van der Waals surface area contributed by atoms with Crippen molar-refractivity contribution in [3.63, 3.8) is 0 Å². The molecule has 4 rings (SSSR count). The summed E-state index contributed by atoms with van der Waals surface area (Å²) < 4.78 is 15.0. The number of hydrogen-bond acceptors (Lipinski definition) is 1. The van der Waals surface area contributed by atoms with Gasteiger partial charge in [-0.2, -0.15) is 0 Å². The van der Waals surface area contributed by atoms with Crippen LogP contribution in [0.15, 0.2) is 91.0 Å². The fourth-order valence-electron chi connectivity index (χ4n) is 4.85. The summed E-state index contributed by atoms with van der Waals surface area (Å²) in [6.45, 7) is 2.20. The van der Waals surface area contributed by atoms with Gasteiger partial charge in [-0.05, 0) is 30.4 Å². The molecule has 3 aromatic carbocycles. The summed E-state index contributed by atoms with van der Waals surface area (Å²) >= 11 is 0. The highest BCUT2D eigenvalue weighted by molar-refractivity contribution is 7.73. The monoisotopic (exact) mass is 360 g/mol. The molecule has 132 valence electrons. The largest absolute Gasteiger partial charge is 0.317 e. The summed E-state index contributed by atoms with van der Waals surface area (Å²) in [7, 11) is -2.72. The van der Waals surface area contributed by atoms with Crippen molar-refractivity contribution in [1.82, 2.24) is 0 Å². The Balaban J connectivity index is 1.97. The van der Waals surface area contributed by atoms with Crippen molar-refractivity contribution in [3.8, 4) is 0 Å². The van der Waals surface area contributed by atoms with E-state index in [1.165, 1.54) is 11.1 Å². The molecule has 1 nitrogen and oxygen atoms in total. The smallest absolute Gasteiger partial charge is 0.132 e. The van der Waals surface area contributed by atoms with Gasteiger partial charge in [-0.3, -0.25) is 0 Å². The molecule has 0 bridgehead atoms. The minimum atomic E-state index is -2.72. The van der Waals surface area contributed by atoms with E-state index < -0.39 is 7.14 Å². The molecule has 0 aliphatic carbocycles. The summed E-state index contributed by atoms with van der Waals surface area (Å²) in [5.74, 6) is 0. The van der Waals surface area contributed by atoms with Gasteiger partial charge in [0.1, 0.15) is 7.14 Å². The highest BCUT2D eigenvalue weighted by Gasteiger charge is 2.58. The number of benzene rings is 3. The van der Waals surface area contributed by atoms with Crippen molar-refractivity contribution >= 4 is 12.4 Å². The first-order valence-corrected chi connectivity index (χ1v) is 11.3. The second kappa shape index (κ2) is 6.89. The van der Waals surface area contributed by atoms with Crippen LogP contribution in [-0.4, -0.2) is 0 Å². The van der Waals surface area contributed by atoms with E-state index in [9.17, 15) is 0 Å². The molecule has 2 heteroatoms. The molecule has 0 amide bonds. The van der Waals surface area contributed by atoms with E-state index in [1.54, 1.807) is 0 Å². The number of hydrogen-bond donors (Lipinski definition) is 0. The third-order valence-electron chi connectivity index (χ3n) is 6.13. The van der Waals surface area contributed by atoms with Crippen molar-refractivity contribution in [2.75, 3.05) is 0 Å². The van der Waals surface area contributed by atoms with E-state index in [4.69, 9.17) is 0 Å². The van der Waals surface area contributed by atoms with E-state index in [0.29, 0.717) is 0 Å². The molecule has 1 saturated heterocycles. The van der Waals surface area contributed by atoms with E-state index >= 15 is 4.57 Å². The second-order valence-electron chi connectivity index (χ2n) is 7.21. The van der Waals surface area contributed by atoms with Gasteiger partial charge in [-0.1, -0.05) is 97.9 Å². The molecule has 0 N–H and O–H groups in total. The summed E-state index contributed by atoms with van der Waals surface area (Å²) in [6.07, 6.45) is 2.84. The Hall–Kier alpha value is -2.11.